The minimum absolute atomic E-state index is 0.163. The Morgan fingerprint density at radius 3 is 2.71 bits per heavy atom. The van der Waals surface area contributed by atoms with E-state index in [0.717, 1.165) is 31.5 Å². The van der Waals surface area contributed by atoms with Crippen molar-refractivity contribution in [2.45, 2.75) is 25.7 Å². The number of amides is 1. The number of carbonyl (C=O) groups is 1. The lowest BCUT2D eigenvalue weighted by molar-refractivity contribution is -0.149. The summed E-state index contributed by atoms with van der Waals surface area (Å²) in [4.78, 5) is 21.0. The number of carbonyl (C=O) groups excluding carboxylic acids is 1. The minimum atomic E-state index is -3.65. The molecule has 0 aliphatic carbocycles. The van der Waals surface area contributed by atoms with Gasteiger partial charge in [-0.15, -0.1) is 0 Å². The predicted molar refractivity (Wildman–Crippen MR) is 90.8 cm³/mol. The lowest BCUT2D eigenvalue weighted by atomic mass is 9.94. The van der Waals surface area contributed by atoms with Gasteiger partial charge >= 0.3 is 0 Å². The molecule has 9 heteroatoms. The number of hydrogen-bond donors (Lipinski definition) is 1. The van der Waals surface area contributed by atoms with Crippen molar-refractivity contribution >= 4 is 27.5 Å². The number of nitrogens with zero attached hydrogens (tertiary/aromatic N) is 2. The maximum Gasteiger partial charge on any atom is 0.235 e. The van der Waals surface area contributed by atoms with Crippen molar-refractivity contribution in [2.75, 3.05) is 26.0 Å². The maximum absolute atomic E-state index is 12.0. The molecule has 1 aliphatic rings. The van der Waals surface area contributed by atoms with E-state index < -0.39 is 15.9 Å². The Labute approximate surface area is 147 Å². The first kappa shape index (κ1) is 19.1. The van der Waals surface area contributed by atoms with Gasteiger partial charge in [0.1, 0.15) is 5.15 Å². The predicted octanol–water partition coefficient (Wildman–Crippen LogP) is 1.39. The van der Waals surface area contributed by atoms with Gasteiger partial charge in [0.15, 0.2) is 0 Å². The molecular weight excluding hydrogens is 354 g/mol. The standard InChI is InChI=1S/C15H22ClN3O4S/c1-23-19-7-4-12(5-8-19)10-15(20)18-24(21,22)9-6-13-2-3-14(16)17-11-13/h2-3,11-12H,4-10H2,1H3,(H,18,20). The van der Waals surface area contributed by atoms with Crippen LogP contribution in [0.4, 0.5) is 0 Å². The molecule has 24 heavy (non-hydrogen) atoms. The second-order valence-corrected chi connectivity index (χ2v) is 8.07. The summed E-state index contributed by atoms with van der Waals surface area (Å²) < 4.78 is 26.2. The van der Waals surface area contributed by atoms with Crippen LogP contribution in [0.15, 0.2) is 18.3 Å². The average molecular weight is 376 g/mol. The van der Waals surface area contributed by atoms with Crippen LogP contribution >= 0.6 is 11.6 Å². The minimum Gasteiger partial charge on any atom is -0.302 e. The van der Waals surface area contributed by atoms with E-state index in [2.05, 4.69) is 9.71 Å². The SMILES string of the molecule is CON1CCC(CC(=O)NS(=O)(=O)CCc2ccc(Cl)nc2)CC1. The lowest BCUT2D eigenvalue weighted by Crippen LogP contribution is -2.37. The number of aromatic nitrogens is 1. The zero-order valence-electron chi connectivity index (χ0n) is 13.6. The summed E-state index contributed by atoms with van der Waals surface area (Å²) in [5, 5.41) is 2.19. The summed E-state index contributed by atoms with van der Waals surface area (Å²) in [5.74, 6) is -0.420. The van der Waals surface area contributed by atoms with Crippen molar-refractivity contribution in [3.8, 4) is 0 Å². The summed E-state index contributed by atoms with van der Waals surface area (Å²) in [7, 11) is -2.03. The molecule has 7 nitrogen and oxygen atoms in total. The van der Waals surface area contributed by atoms with Crippen LogP contribution in [0.1, 0.15) is 24.8 Å². The van der Waals surface area contributed by atoms with Gasteiger partial charge in [-0.1, -0.05) is 17.7 Å². The van der Waals surface area contributed by atoms with Gasteiger partial charge in [-0.2, -0.15) is 5.06 Å². The Morgan fingerprint density at radius 1 is 1.42 bits per heavy atom. The molecule has 134 valence electrons. The molecular formula is C15H22ClN3O4S. The quantitative estimate of drug-likeness (QED) is 0.724. The molecule has 0 saturated carbocycles. The highest BCUT2D eigenvalue weighted by Crippen LogP contribution is 2.20. The zero-order chi connectivity index (χ0) is 17.6. The summed E-state index contributed by atoms with van der Waals surface area (Å²) in [6.07, 6.45) is 3.66. The number of pyridine rings is 1. The van der Waals surface area contributed by atoms with Crippen molar-refractivity contribution < 1.29 is 18.0 Å². The lowest BCUT2D eigenvalue weighted by Gasteiger charge is -2.29. The molecule has 2 heterocycles. The fourth-order valence-corrected chi connectivity index (χ4v) is 3.78. The largest absolute Gasteiger partial charge is 0.302 e. The molecule has 1 aromatic rings. The van der Waals surface area contributed by atoms with Gasteiger partial charge in [0, 0.05) is 25.7 Å². The smallest absolute Gasteiger partial charge is 0.235 e. The van der Waals surface area contributed by atoms with Crippen LogP contribution in [0.3, 0.4) is 0 Å². The second-order valence-electron chi connectivity index (χ2n) is 5.84. The van der Waals surface area contributed by atoms with E-state index in [1.54, 1.807) is 19.2 Å². The van der Waals surface area contributed by atoms with Gasteiger partial charge in [-0.3, -0.25) is 9.52 Å². The van der Waals surface area contributed by atoms with Crippen LogP contribution in [0.25, 0.3) is 0 Å². The van der Waals surface area contributed by atoms with Gasteiger partial charge < -0.3 is 4.84 Å². The Hall–Kier alpha value is -1.22. The number of aryl methyl sites for hydroxylation is 1. The van der Waals surface area contributed by atoms with E-state index in [4.69, 9.17) is 16.4 Å². The maximum atomic E-state index is 12.0. The molecule has 1 saturated heterocycles. The van der Waals surface area contributed by atoms with Crippen molar-refractivity contribution in [1.29, 1.82) is 0 Å². The van der Waals surface area contributed by atoms with Crippen molar-refractivity contribution in [3.05, 3.63) is 29.0 Å². The molecule has 1 N–H and O–H groups in total. The molecule has 1 amide bonds. The molecule has 1 aromatic heterocycles. The Kier molecular flexibility index (Phi) is 6.97. The summed E-state index contributed by atoms with van der Waals surface area (Å²) in [6.45, 7) is 1.51. The first-order valence-electron chi connectivity index (χ1n) is 7.81. The molecule has 0 aromatic carbocycles. The molecule has 0 bridgehead atoms. The van der Waals surface area contributed by atoms with Crippen LogP contribution < -0.4 is 4.72 Å². The monoisotopic (exact) mass is 375 g/mol. The summed E-state index contributed by atoms with van der Waals surface area (Å²) in [6, 6.07) is 3.32. The normalized spacial score (nSPS) is 16.9. The highest BCUT2D eigenvalue weighted by atomic mass is 35.5. The third-order valence-corrected chi connectivity index (χ3v) is 5.53. The number of nitrogens with one attached hydrogen (secondary N) is 1. The fraction of sp³-hybridized carbons (Fsp3) is 0.600. The van der Waals surface area contributed by atoms with Crippen molar-refractivity contribution in [3.63, 3.8) is 0 Å². The number of halogens is 1. The fourth-order valence-electron chi connectivity index (χ4n) is 2.63. The number of sulfonamides is 1. The molecule has 1 aliphatic heterocycles. The highest BCUT2D eigenvalue weighted by Gasteiger charge is 2.23. The van der Waals surface area contributed by atoms with E-state index in [1.165, 1.54) is 6.20 Å². The van der Waals surface area contributed by atoms with E-state index in [9.17, 15) is 13.2 Å². The van der Waals surface area contributed by atoms with Gasteiger partial charge in [-0.25, -0.2) is 13.4 Å². The number of piperidine rings is 1. The van der Waals surface area contributed by atoms with E-state index in [0.29, 0.717) is 5.15 Å². The van der Waals surface area contributed by atoms with Crippen LogP contribution in [0.5, 0.6) is 0 Å². The zero-order valence-corrected chi connectivity index (χ0v) is 15.1. The highest BCUT2D eigenvalue weighted by molar-refractivity contribution is 7.90. The summed E-state index contributed by atoms with van der Waals surface area (Å²) in [5.41, 5.74) is 0.754. The summed E-state index contributed by atoms with van der Waals surface area (Å²) >= 11 is 5.68. The molecule has 2 rings (SSSR count). The van der Waals surface area contributed by atoms with Crippen molar-refractivity contribution in [2.24, 2.45) is 5.92 Å². The van der Waals surface area contributed by atoms with Crippen LogP contribution in [-0.4, -0.2) is 50.3 Å². The Bertz CT molecular complexity index is 643. The first-order chi connectivity index (χ1) is 11.4. The van der Waals surface area contributed by atoms with Gasteiger partial charge in [0.25, 0.3) is 0 Å². The third-order valence-electron chi connectivity index (χ3n) is 4.02. The Morgan fingerprint density at radius 2 is 2.12 bits per heavy atom. The first-order valence-corrected chi connectivity index (χ1v) is 9.84. The molecule has 0 radical (unpaired) electrons. The molecule has 0 unspecified atom stereocenters. The molecule has 1 fully saturated rings. The third kappa shape index (κ3) is 6.35. The van der Waals surface area contributed by atoms with Gasteiger partial charge in [0.05, 0.1) is 12.9 Å². The van der Waals surface area contributed by atoms with Crippen LogP contribution in [0, 0.1) is 5.92 Å². The Balaban J connectivity index is 1.76. The molecule has 0 spiro atoms. The topological polar surface area (TPSA) is 88.6 Å². The van der Waals surface area contributed by atoms with E-state index >= 15 is 0 Å². The average Bonchev–Trinajstić information content (AvgIpc) is 2.54. The number of hydroxylamine groups is 2. The molecule has 0 atom stereocenters. The van der Waals surface area contributed by atoms with Crippen molar-refractivity contribution in [1.82, 2.24) is 14.8 Å². The number of hydrogen-bond acceptors (Lipinski definition) is 6. The second kappa shape index (κ2) is 8.75. The van der Waals surface area contributed by atoms with Gasteiger partial charge in [-0.05, 0) is 36.8 Å². The van der Waals surface area contributed by atoms with E-state index in [1.807, 2.05) is 5.06 Å². The van der Waals surface area contributed by atoms with Gasteiger partial charge in [0.2, 0.25) is 15.9 Å². The van der Waals surface area contributed by atoms with Crippen LogP contribution in [-0.2, 0) is 26.1 Å². The van der Waals surface area contributed by atoms with Crippen LogP contribution in [0.2, 0.25) is 5.15 Å². The number of rotatable bonds is 7. The van der Waals surface area contributed by atoms with E-state index in [-0.39, 0.29) is 24.5 Å².